The van der Waals surface area contributed by atoms with Gasteiger partial charge in [0.1, 0.15) is 0 Å². The normalized spacial score (nSPS) is 11.0. The van der Waals surface area contributed by atoms with Crippen LogP contribution in [0.5, 0.6) is 0 Å². The summed E-state index contributed by atoms with van der Waals surface area (Å²) < 4.78 is 5.40. The molecule has 0 aliphatic carbocycles. The van der Waals surface area contributed by atoms with Gasteiger partial charge in [0, 0.05) is 10.8 Å². The molecule has 0 aliphatic rings. The number of para-hydroxylation sites is 1. The Kier molecular flexibility index (Phi) is 6.19. The number of anilines is 1. The van der Waals surface area contributed by atoms with Crippen LogP contribution < -0.4 is 5.32 Å². The lowest BCUT2D eigenvalue weighted by Gasteiger charge is -2.12. The van der Waals surface area contributed by atoms with Crippen LogP contribution in [0.15, 0.2) is 51.9 Å². The van der Waals surface area contributed by atoms with Crippen LogP contribution in [0.25, 0.3) is 11.5 Å². The highest BCUT2D eigenvalue weighted by Crippen LogP contribution is 2.31. The number of carbonyl (C=O) groups is 1. The summed E-state index contributed by atoms with van der Waals surface area (Å²) in [6, 6.07) is 13.2. The summed E-state index contributed by atoms with van der Waals surface area (Å²) in [4.78, 5) is 17.8. The third-order valence-corrected chi connectivity index (χ3v) is 5.44. The molecular formula is C20H20ClN3O2S. The zero-order chi connectivity index (χ0) is 19.4. The molecule has 7 heteroatoms. The third-order valence-electron chi connectivity index (χ3n) is 3.92. The van der Waals surface area contributed by atoms with Crippen molar-refractivity contribution in [1.82, 2.24) is 10.1 Å². The fourth-order valence-electron chi connectivity index (χ4n) is 2.47. The van der Waals surface area contributed by atoms with Crippen molar-refractivity contribution in [2.75, 3.05) is 11.1 Å². The first-order chi connectivity index (χ1) is 13.0. The smallest absolute Gasteiger partial charge is 0.260 e. The second-order valence-electron chi connectivity index (χ2n) is 6.38. The Labute approximate surface area is 167 Å². The van der Waals surface area contributed by atoms with E-state index in [1.807, 2.05) is 63.2 Å². The molecule has 2 aromatic carbocycles. The maximum atomic E-state index is 12.5. The summed E-state index contributed by atoms with van der Waals surface area (Å²) in [5.41, 5.74) is 2.32. The quantitative estimate of drug-likeness (QED) is 0.548. The molecule has 0 saturated carbocycles. The maximum Gasteiger partial charge on any atom is 0.260 e. The highest BCUT2D eigenvalue weighted by atomic mass is 35.5. The number of hydrogen-bond donors (Lipinski definition) is 1. The average molecular weight is 402 g/mol. The lowest BCUT2D eigenvalue weighted by molar-refractivity contribution is -0.113. The number of aromatic nitrogens is 2. The van der Waals surface area contributed by atoms with Crippen molar-refractivity contribution < 1.29 is 9.32 Å². The Morgan fingerprint density at radius 1 is 1.22 bits per heavy atom. The molecule has 5 nitrogen and oxygen atoms in total. The highest BCUT2D eigenvalue weighted by molar-refractivity contribution is 8.00. The van der Waals surface area contributed by atoms with Crippen molar-refractivity contribution in [2.24, 2.45) is 0 Å². The molecule has 0 radical (unpaired) electrons. The van der Waals surface area contributed by atoms with Crippen molar-refractivity contribution in [3.63, 3.8) is 0 Å². The number of amides is 1. The molecule has 1 amide bonds. The summed E-state index contributed by atoms with van der Waals surface area (Å²) in [6.45, 7) is 5.93. The summed E-state index contributed by atoms with van der Waals surface area (Å²) in [5.74, 6) is 1.32. The first-order valence-corrected chi connectivity index (χ1v) is 9.93. The van der Waals surface area contributed by atoms with Crippen LogP contribution in [0.4, 0.5) is 5.69 Å². The molecule has 1 aromatic heterocycles. The fraction of sp³-hybridized carbons (Fsp3) is 0.250. The average Bonchev–Trinajstić information content (AvgIpc) is 3.13. The van der Waals surface area contributed by atoms with Gasteiger partial charge in [0.05, 0.1) is 22.0 Å². The number of nitrogens with zero attached hydrogens (tertiary/aromatic N) is 2. The van der Waals surface area contributed by atoms with E-state index in [9.17, 15) is 4.79 Å². The largest absolute Gasteiger partial charge is 0.334 e. The van der Waals surface area contributed by atoms with E-state index in [2.05, 4.69) is 15.5 Å². The van der Waals surface area contributed by atoms with Gasteiger partial charge in [-0.2, -0.15) is 4.98 Å². The Morgan fingerprint density at radius 3 is 2.70 bits per heavy atom. The zero-order valence-corrected chi connectivity index (χ0v) is 16.9. The molecule has 1 N–H and O–H groups in total. The topological polar surface area (TPSA) is 68.0 Å². The molecule has 27 heavy (non-hydrogen) atoms. The van der Waals surface area contributed by atoms with Crippen molar-refractivity contribution in [1.29, 1.82) is 0 Å². The van der Waals surface area contributed by atoms with E-state index in [1.54, 1.807) is 0 Å². The molecular weight excluding hydrogens is 382 g/mol. The van der Waals surface area contributed by atoms with Crippen LogP contribution in [-0.4, -0.2) is 21.8 Å². The van der Waals surface area contributed by atoms with Crippen molar-refractivity contribution in [3.8, 4) is 11.5 Å². The minimum Gasteiger partial charge on any atom is -0.334 e. The molecule has 0 unspecified atom stereocenters. The molecule has 0 bridgehead atoms. The van der Waals surface area contributed by atoms with Gasteiger partial charge in [0.15, 0.2) is 5.82 Å². The molecule has 0 saturated heterocycles. The fourth-order valence-corrected chi connectivity index (χ4v) is 3.51. The van der Waals surface area contributed by atoms with Crippen LogP contribution in [-0.2, 0) is 4.79 Å². The van der Waals surface area contributed by atoms with Gasteiger partial charge in [0.2, 0.25) is 5.91 Å². The Hall–Kier alpha value is -2.31. The SMILES string of the molecule is Cc1cccc(-c2nc(C(C)C)no2)c1NC(=O)CSc1ccccc1Cl. The monoisotopic (exact) mass is 401 g/mol. The van der Waals surface area contributed by atoms with Gasteiger partial charge in [-0.15, -0.1) is 11.8 Å². The predicted octanol–water partition coefficient (Wildman–Crippen LogP) is 5.55. The number of halogens is 1. The number of nitrogens with one attached hydrogen (secondary N) is 1. The van der Waals surface area contributed by atoms with Crippen molar-refractivity contribution in [3.05, 3.63) is 58.9 Å². The molecule has 3 rings (SSSR count). The first kappa shape index (κ1) is 19.5. The van der Waals surface area contributed by atoms with E-state index in [0.29, 0.717) is 28.0 Å². The Balaban J connectivity index is 1.78. The highest BCUT2D eigenvalue weighted by Gasteiger charge is 2.18. The van der Waals surface area contributed by atoms with Crippen LogP contribution >= 0.6 is 23.4 Å². The Morgan fingerprint density at radius 2 is 2.00 bits per heavy atom. The molecule has 1 heterocycles. The summed E-state index contributed by atoms with van der Waals surface area (Å²) in [7, 11) is 0. The lowest BCUT2D eigenvalue weighted by Crippen LogP contribution is -2.15. The molecule has 0 spiro atoms. The van der Waals surface area contributed by atoms with Crippen molar-refractivity contribution in [2.45, 2.75) is 31.6 Å². The minimum atomic E-state index is -0.126. The Bertz CT molecular complexity index is 956. The molecule has 0 aliphatic heterocycles. The van der Waals surface area contributed by atoms with Crippen LogP contribution in [0, 0.1) is 6.92 Å². The summed E-state index contributed by atoms with van der Waals surface area (Å²) in [5, 5.41) is 7.62. The van der Waals surface area contributed by atoms with Crippen molar-refractivity contribution >= 4 is 35.0 Å². The van der Waals surface area contributed by atoms with Gasteiger partial charge in [-0.25, -0.2) is 0 Å². The number of benzene rings is 2. The third kappa shape index (κ3) is 4.70. The van der Waals surface area contributed by atoms with E-state index in [-0.39, 0.29) is 17.6 Å². The summed E-state index contributed by atoms with van der Waals surface area (Å²) >= 11 is 7.54. The second-order valence-corrected chi connectivity index (χ2v) is 7.80. The van der Waals surface area contributed by atoms with E-state index in [0.717, 1.165) is 10.5 Å². The van der Waals surface area contributed by atoms with E-state index in [4.69, 9.17) is 16.1 Å². The second kappa shape index (κ2) is 8.59. The standard InChI is InChI=1S/C20H20ClN3O2S/c1-12(2)19-23-20(26-24-19)14-8-6-7-13(3)18(14)22-17(25)11-27-16-10-5-4-9-15(16)21/h4-10,12H,11H2,1-3H3,(H,22,25). The molecule has 3 aromatic rings. The minimum absolute atomic E-state index is 0.126. The van der Waals surface area contributed by atoms with Gasteiger partial charge in [-0.05, 0) is 30.7 Å². The van der Waals surface area contributed by atoms with Gasteiger partial charge < -0.3 is 9.84 Å². The number of aryl methyl sites for hydroxylation is 1. The zero-order valence-electron chi connectivity index (χ0n) is 15.3. The first-order valence-electron chi connectivity index (χ1n) is 8.56. The van der Waals surface area contributed by atoms with E-state index >= 15 is 0 Å². The molecule has 0 fully saturated rings. The lowest BCUT2D eigenvalue weighted by atomic mass is 10.1. The number of thioether (sulfide) groups is 1. The van der Waals surface area contributed by atoms with Gasteiger partial charge in [0.25, 0.3) is 5.89 Å². The predicted molar refractivity (Wildman–Crippen MR) is 109 cm³/mol. The summed E-state index contributed by atoms with van der Waals surface area (Å²) in [6.07, 6.45) is 0. The van der Waals surface area contributed by atoms with Crippen LogP contribution in [0.1, 0.15) is 31.2 Å². The van der Waals surface area contributed by atoms with Crippen LogP contribution in [0.2, 0.25) is 5.02 Å². The van der Waals surface area contributed by atoms with E-state index in [1.165, 1.54) is 11.8 Å². The van der Waals surface area contributed by atoms with E-state index < -0.39 is 0 Å². The van der Waals surface area contributed by atoms with Crippen LogP contribution in [0.3, 0.4) is 0 Å². The van der Waals surface area contributed by atoms with Gasteiger partial charge >= 0.3 is 0 Å². The molecule has 140 valence electrons. The number of rotatable bonds is 6. The van der Waals surface area contributed by atoms with Gasteiger partial charge in [-0.1, -0.05) is 54.9 Å². The number of carbonyl (C=O) groups excluding carboxylic acids is 1. The molecule has 0 atom stereocenters. The number of hydrogen-bond acceptors (Lipinski definition) is 5. The maximum absolute atomic E-state index is 12.5. The van der Waals surface area contributed by atoms with Gasteiger partial charge in [-0.3, -0.25) is 4.79 Å².